The monoisotopic (exact) mass is 635 g/mol. The number of nitrogens with zero attached hydrogens (tertiary/aromatic N) is 2. The maximum atomic E-state index is 13.1. The fraction of sp³-hybridized carbons (Fsp3) is 0.375. The molecule has 6 nitrogen and oxygen atoms in total. The summed E-state index contributed by atoms with van der Waals surface area (Å²) in [5, 5.41) is 7.65. The highest BCUT2D eigenvalue weighted by atomic mass is 35.5. The van der Waals surface area contributed by atoms with E-state index < -0.39 is 6.36 Å². The summed E-state index contributed by atoms with van der Waals surface area (Å²) >= 11 is 0. The van der Waals surface area contributed by atoms with Crippen molar-refractivity contribution in [2.75, 3.05) is 24.1 Å². The van der Waals surface area contributed by atoms with Crippen LogP contribution in [0.25, 0.3) is 22.0 Å². The second-order valence-corrected chi connectivity index (χ2v) is 11.0. The summed E-state index contributed by atoms with van der Waals surface area (Å²) in [6.07, 6.45) is -0.517. The number of aryl methyl sites for hydroxylation is 2. The zero-order valence-electron chi connectivity index (χ0n) is 24.2. The molecule has 1 saturated carbocycles. The SMILES string of the molecule is Cc1ccc2nc(NCC3CCC(CNCc4ccc(-c5ccccc5)cc4OC(F)(F)F)CC3)nc(N)c2c1C.Cl.Cl. The van der Waals surface area contributed by atoms with Crippen LogP contribution in [0, 0.1) is 25.7 Å². The molecule has 11 heteroatoms. The van der Waals surface area contributed by atoms with Crippen molar-refractivity contribution in [2.24, 2.45) is 11.8 Å². The van der Waals surface area contributed by atoms with Crippen LogP contribution >= 0.6 is 24.8 Å². The molecule has 5 rings (SSSR count). The minimum absolute atomic E-state index is 0. The molecular weight excluding hydrogens is 598 g/mol. The molecule has 0 spiro atoms. The average molecular weight is 637 g/mol. The van der Waals surface area contributed by atoms with Gasteiger partial charge in [0, 0.05) is 24.0 Å². The molecule has 4 aromatic rings. The number of nitrogens with one attached hydrogen (secondary N) is 2. The first-order valence-corrected chi connectivity index (χ1v) is 14.1. The largest absolute Gasteiger partial charge is 0.573 e. The molecule has 1 heterocycles. The summed E-state index contributed by atoms with van der Waals surface area (Å²) in [5.41, 5.74) is 11.4. The standard InChI is InChI=1S/C32H36F3N5O.2ClH/c1-20-8-15-27-29(21(20)2)30(36)40-31(39-27)38-18-23-11-9-22(10-12-23)17-37-19-26-14-13-25(24-6-4-3-5-7-24)16-28(26)41-32(33,34)35;;/h3-8,13-16,22-23,37H,9-12,17-19H2,1-2H3,(H3,36,38,39,40);2*1H. The van der Waals surface area contributed by atoms with Crippen LogP contribution in [-0.2, 0) is 6.54 Å². The minimum Gasteiger partial charge on any atom is -0.405 e. The molecule has 232 valence electrons. The molecular formula is C32H38Cl2F3N5O. The van der Waals surface area contributed by atoms with E-state index in [9.17, 15) is 13.2 Å². The van der Waals surface area contributed by atoms with Crippen LogP contribution in [0.15, 0.2) is 60.7 Å². The number of alkyl halides is 3. The normalized spacial score (nSPS) is 16.7. The smallest absolute Gasteiger partial charge is 0.405 e. The summed E-state index contributed by atoms with van der Waals surface area (Å²) in [4.78, 5) is 9.15. The van der Waals surface area contributed by atoms with Crippen molar-refractivity contribution in [3.63, 3.8) is 0 Å². The number of aromatic nitrogens is 2. The van der Waals surface area contributed by atoms with Crippen LogP contribution in [0.3, 0.4) is 0 Å². The van der Waals surface area contributed by atoms with Crippen molar-refractivity contribution in [1.82, 2.24) is 15.3 Å². The van der Waals surface area contributed by atoms with Crippen LogP contribution in [0.5, 0.6) is 5.75 Å². The lowest BCUT2D eigenvalue weighted by atomic mass is 9.82. The van der Waals surface area contributed by atoms with Gasteiger partial charge in [-0.3, -0.25) is 0 Å². The number of hydrogen-bond acceptors (Lipinski definition) is 6. The van der Waals surface area contributed by atoms with E-state index in [1.807, 2.05) is 55.5 Å². The highest BCUT2D eigenvalue weighted by molar-refractivity contribution is 5.92. The Kier molecular flexibility index (Phi) is 11.9. The van der Waals surface area contributed by atoms with Gasteiger partial charge in [0.1, 0.15) is 11.6 Å². The summed E-state index contributed by atoms with van der Waals surface area (Å²) in [5.74, 6) is 1.86. The van der Waals surface area contributed by atoms with Crippen molar-refractivity contribution < 1.29 is 17.9 Å². The van der Waals surface area contributed by atoms with Crippen LogP contribution in [-0.4, -0.2) is 29.4 Å². The zero-order valence-corrected chi connectivity index (χ0v) is 25.8. The number of nitrogen functional groups attached to an aromatic ring is 1. The van der Waals surface area contributed by atoms with E-state index >= 15 is 0 Å². The van der Waals surface area contributed by atoms with Crippen LogP contribution in [0.2, 0.25) is 0 Å². The zero-order chi connectivity index (χ0) is 29.0. The van der Waals surface area contributed by atoms with Crippen molar-refractivity contribution in [3.8, 4) is 16.9 Å². The van der Waals surface area contributed by atoms with E-state index in [-0.39, 0.29) is 30.6 Å². The fourth-order valence-electron chi connectivity index (χ4n) is 5.62. The fourth-order valence-corrected chi connectivity index (χ4v) is 5.62. The number of fused-ring (bicyclic) bond motifs is 1. The molecule has 0 bridgehead atoms. The van der Waals surface area contributed by atoms with Gasteiger partial charge >= 0.3 is 6.36 Å². The van der Waals surface area contributed by atoms with Gasteiger partial charge in [-0.05, 0) is 92.3 Å². The minimum atomic E-state index is -4.75. The maximum absolute atomic E-state index is 13.1. The number of hydrogen-bond donors (Lipinski definition) is 3. The van der Waals surface area contributed by atoms with Gasteiger partial charge in [-0.1, -0.05) is 48.5 Å². The number of nitrogens with two attached hydrogens (primary N) is 1. The molecule has 1 aliphatic rings. The van der Waals surface area contributed by atoms with E-state index in [1.165, 1.54) is 6.07 Å². The highest BCUT2D eigenvalue weighted by Gasteiger charge is 2.32. The van der Waals surface area contributed by atoms with Crippen LogP contribution < -0.4 is 21.1 Å². The molecule has 3 aromatic carbocycles. The van der Waals surface area contributed by atoms with E-state index in [2.05, 4.69) is 32.3 Å². The Bertz CT molecular complexity index is 1500. The molecule has 1 aromatic heterocycles. The lowest BCUT2D eigenvalue weighted by Gasteiger charge is -2.29. The maximum Gasteiger partial charge on any atom is 0.573 e. The molecule has 43 heavy (non-hydrogen) atoms. The Morgan fingerprint density at radius 3 is 2.21 bits per heavy atom. The number of benzene rings is 3. The van der Waals surface area contributed by atoms with Crippen LogP contribution in [0.1, 0.15) is 42.4 Å². The summed E-state index contributed by atoms with van der Waals surface area (Å²) < 4.78 is 43.8. The Morgan fingerprint density at radius 1 is 0.860 bits per heavy atom. The molecule has 0 unspecified atom stereocenters. The number of anilines is 2. The third kappa shape index (κ3) is 8.87. The first kappa shape index (κ1) is 34.2. The van der Waals surface area contributed by atoms with Crippen molar-refractivity contribution >= 4 is 47.5 Å². The Morgan fingerprint density at radius 2 is 1.53 bits per heavy atom. The van der Waals surface area contributed by atoms with Crippen molar-refractivity contribution in [3.05, 3.63) is 77.4 Å². The van der Waals surface area contributed by atoms with E-state index in [0.717, 1.165) is 66.4 Å². The Labute approximate surface area is 262 Å². The Balaban J connectivity index is 0.00000253. The second-order valence-electron chi connectivity index (χ2n) is 11.0. The third-order valence-electron chi connectivity index (χ3n) is 8.09. The highest BCUT2D eigenvalue weighted by Crippen LogP contribution is 2.33. The predicted molar refractivity (Wildman–Crippen MR) is 172 cm³/mol. The van der Waals surface area contributed by atoms with E-state index in [0.29, 0.717) is 41.3 Å². The molecule has 0 saturated heterocycles. The first-order valence-electron chi connectivity index (χ1n) is 14.1. The average Bonchev–Trinajstić information content (AvgIpc) is 2.95. The van der Waals surface area contributed by atoms with Gasteiger partial charge in [-0.25, -0.2) is 4.98 Å². The third-order valence-corrected chi connectivity index (χ3v) is 8.09. The molecule has 1 fully saturated rings. The van der Waals surface area contributed by atoms with Crippen molar-refractivity contribution in [2.45, 2.75) is 52.4 Å². The summed E-state index contributed by atoms with van der Waals surface area (Å²) in [7, 11) is 0. The second kappa shape index (κ2) is 14.9. The number of halogens is 5. The molecule has 0 aliphatic heterocycles. The van der Waals surface area contributed by atoms with Crippen LogP contribution in [0.4, 0.5) is 24.9 Å². The molecule has 4 N–H and O–H groups in total. The molecule has 0 atom stereocenters. The predicted octanol–water partition coefficient (Wildman–Crippen LogP) is 8.25. The number of rotatable bonds is 9. The molecule has 1 aliphatic carbocycles. The van der Waals surface area contributed by atoms with Gasteiger partial charge < -0.3 is 21.1 Å². The summed E-state index contributed by atoms with van der Waals surface area (Å²) in [6.45, 7) is 5.92. The van der Waals surface area contributed by atoms with Crippen molar-refractivity contribution in [1.29, 1.82) is 0 Å². The summed E-state index contributed by atoms with van der Waals surface area (Å²) in [6, 6.07) is 18.4. The lowest BCUT2D eigenvalue weighted by molar-refractivity contribution is -0.274. The van der Waals surface area contributed by atoms with Gasteiger partial charge in [0.05, 0.1) is 5.52 Å². The Hall–Kier alpha value is -3.27. The van der Waals surface area contributed by atoms with Gasteiger partial charge in [0.15, 0.2) is 0 Å². The van der Waals surface area contributed by atoms with Gasteiger partial charge in [0.25, 0.3) is 0 Å². The topological polar surface area (TPSA) is 85.1 Å². The molecule has 0 radical (unpaired) electrons. The first-order chi connectivity index (χ1) is 19.7. The van der Waals surface area contributed by atoms with Gasteiger partial charge in [-0.15, -0.1) is 38.0 Å². The van der Waals surface area contributed by atoms with E-state index in [4.69, 9.17) is 5.73 Å². The van der Waals surface area contributed by atoms with Gasteiger partial charge in [0.2, 0.25) is 5.95 Å². The molecule has 0 amide bonds. The van der Waals surface area contributed by atoms with Gasteiger partial charge in [-0.2, -0.15) is 4.98 Å². The lowest BCUT2D eigenvalue weighted by Crippen LogP contribution is -2.29. The number of ether oxygens (including phenoxy) is 1. The van der Waals surface area contributed by atoms with E-state index in [1.54, 1.807) is 6.07 Å². The quantitative estimate of drug-likeness (QED) is 0.172.